The maximum absolute atomic E-state index is 12.7. The minimum atomic E-state index is 0.0243. The van der Waals surface area contributed by atoms with Crippen LogP contribution in [0, 0.1) is 0 Å². The van der Waals surface area contributed by atoms with E-state index in [1.165, 1.54) is 0 Å². The second-order valence-electron chi connectivity index (χ2n) is 7.61. The Hall–Kier alpha value is -2.68. The van der Waals surface area contributed by atoms with Gasteiger partial charge in [-0.05, 0) is 25.3 Å². The van der Waals surface area contributed by atoms with Crippen LogP contribution in [0.2, 0.25) is 0 Å². The Morgan fingerprint density at radius 2 is 1.89 bits per heavy atom. The molecule has 0 radical (unpaired) electrons. The summed E-state index contributed by atoms with van der Waals surface area (Å²) in [5.74, 6) is 2.11. The molecule has 148 valence electrons. The highest BCUT2D eigenvalue weighted by atomic mass is 16.5. The molecule has 2 aromatic rings. The second kappa shape index (κ2) is 7.38. The number of rotatable bonds is 5. The van der Waals surface area contributed by atoms with Gasteiger partial charge in [-0.2, -0.15) is 4.98 Å². The lowest BCUT2D eigenvalue weighted by molar-refractivity contribution is 0.122. The van der Waals surface area contributed by atoms with E-state index >= 15 is 0 Å². The van der Waals surface area contributed by atoms with E-state index in [9.17, 15) is 4.79 Å². The number of hydrogen-bond donors (Lipinski definition) is 1. The number of morpholine rings is 1. The van der Waals surface area contributed by atoms with Gasteiger partial charge >= 0.3 is 0 Å². The number of hydrogen-bond acceptors (Lipinski definition) is 8. The molecule has 9 heteroatoms. The van der Waals surface area contributed by atoms with E-state index in [4.69, 9.17) is 4.74 Å². The summed E-state index contributed by atoms with van der Waals surface area (Å²) >= 11 is 0. The van der Waals surface area contributed by atoms with Crippen molar-refractivity contribution in [3.05, 3.63) is 35.0 Å². The monoisotopic (exact) mass is 383 g/mol. The standard InChI is InChI=1S/C19H25N7O2/c27-18-17(20-6-8-26(18)15-1-2-15)25-7-4-14(13-25)22-19-21-5-3-16(23-19)24-9-11-28-12-10-24/h3,5-6,8,14-15H,1-2,4,7,9-13H2,(H,21,22,23). The topological polar surface area (TPSA) is 88.4 Å². The SMILES string of the molecule is O=c1c(N2CCC(Nc3nccc(N4CCOCC4)n3)C2)nccn1C1CC1. The summed E-state index contributed by atoms with van der Waals surface area (Å²) in [5.41, 5.74) is 0.0243. The van der Waals surface area contributed by atoms with Gasteiger partial charge in [0.1, 0.15) is 5.82 Å². The fraction of sp³-hybridized carbons (Fsp3) is 0.579. The average Bonchev–Trinajstić information content (AvgIpc) is 3.48. The molecule has 2 aliphatic heterocycles. The van der Waals surface area contributed by atoms with E-state index in [1.807, 2.05) is 10.6 Å². The Kier molecular flexibility index (Phi) is 4.59. The molecule has 1 aliphatic carbocycles. The van der Waals surface area contributed by atoms with Crippen molar-refractivity contribution >= 4 is 17.6 Å². The van der Waals surface area contributed by atoms with E-state index < -0.39 is 0 Å². The maximum atomic E-state index is 12.7. The van der Waals surface area contributed by atoms with Gasteiger partial charge in [-0.25, -0.2) is 9.97 Å². The first-order valence-corrected chi connectivity index (χ1v) is 10.0. The van der Waals surface area contributed by atoms with Crippen LogP contribution < -0.4 is 20.7 Å². The summed E-state index contributed by atoms with van der Waals surface area (Å²) in [6, 6.07) is 2.49. The minimum Gasteiger partial charge on any atom is -0.378 e. The van der Waals surface area contributed by atoms with Crippen LogP contribution in [0.4, 0.5) is 17.6 Å². The van der Waals surface area contributed by atoms with E-state index in [-0.39, 0.29) is 11.6 Å². The van der Waals surface area contributed by atoms with Gasteiger partial charge in [-0.3, -0.25) is 4.79 Å². The van der Waals surface area contributed by atoms with Crippen LogP contribution in [0.15, 0.2) is 29.5 Å². The van der Waals surface area contributed by atoms with Gasteiger partial charge in [0.05, 0.1) is 13.2 Å². The third-order valence-corrected chi connectivity index (χ3v) is 5.59. The number of ether oxygens (including phenoxy) is 1. The number of nitrogens with zero attached hydrogens (tertiary/aromatic N) is 6. The van der Waals surface area contributed by atoms with Crippen LogP contribution in [-0.2, 0) is 4.74 Å². The predicted molar refractivity (Wildman–Crippen MR) is 106 cm³/mol. The third kappa shape index (κ3) is 3.54. The first-order chi connectivity index (χ1) is 13.8. The van der Waals surface area contributed by atoms with Crippen molar-refractivity contribution in [2.24, 2.45) is 0 Å². The highest BCUT2D eigenvalue weighted by molar-refractivity contribution is 5.44. The molecule has 0 amide bonds. The minimum absolute atomic E-state index is 0.0243. The Morgan fingerprint density at radius 3 is 2.71 bits per heavy atom. The summed E-state index contributed by atoms with van der Waals surface area (Å²) in [4.78, 5) is 30.4. The average molecular weight is 383 g/mol. The quantitative estimate of drug-likeness (QED) is 0.815. The molecule has 3 aliphatic rings. The number of anilines is 3. The molecule has 9 nitrogen and oxygen atoms in total. The van der Waals surface area contributed by atoms with Gasteiger partial charge < -0.3 is 24.4 Å². The first kappa shape index (κ1) is 17.4. The van der Waals surface area contributed by atoms with Crippen LogP contribution in [-0.4, -0.2) is 65.0 Å². The van der Waals surface area contributed by atoms with Crippen molar-refractivity contribution in [3.8, 4) is 0 Å². The van der Waals surface area contributed by atoms with Gasteiger partial charge in [0, 0.05) is 56.9 Å². The number of nitrogens with one attached hydrogen (secondary N) is 1. The highest BCUT2D eigenvalue weighted by Gasteiger charge is 2.29. The Bertz CT molecular complexity index is 892. The van der Waals surface area contributed by atoms with Crippen LogP contribution in [0.1, 0.15) is 25.3 Å². The van der Waals surface area contributed by atoms with Crippen LogP contribution in [0.25, 0.3) is 0 Å². The lowest BCUT2D eigenvalue weighted by Gasteiger charge is -2.28. The molecule has 1 N–H and O–H groups in total. The molecule has 1 atom stereocenters. The van der Waals surface area contributed by atoms with E-state index in [1.54, 1.807) is 18.6 Å². The van der Waals surface area contributed by atoms with Crippen LogP contribution in [0.5, 0.6) is 0 Å². The molecule has 4 heterocycles. The summed E-state index contributed by atoms with van der Waals surface area (Å²) < 4.78 is 7.24. The first-order valence-electron chi connectivity index (χ1n) is 10.0. The molecule has 0 spiro atoms. The van der Waals surface area contributed by atoms with E-state index in [0.717, 1.165) is 64.5 Å². The third-order valence-electron chi connectivity index (χ3n) is 5.59. The zero-order chi connectivity index (χ0) is 18.9. The van der Waals surface area contributed by atoms with Crippen molar-refractivity contribution < 1.29 is 4.74 Å². The second-order valence-corrected chi connectivity index (χ2v) is 7.61. The molecule has 0 bridgehead atoms. The highest BCUT2D eigenvalue weighted by Crippen LogP contribution is 2.33. The molecule has 3 fully saturated rings. The van der Waals surface area contributed by atoms with Crippen molar-refractivity contribution in [2.75, 3.05) is 54.5 Å². The smallest absolute Gasteiger partial charge is 0.293 e. The van der Waals surface area contributed by atoms with Crippen LogP contribution >= 0.6 is 0 Å². The summed E-state index contributed by atoms with van der Waals surface area (Å²) in [5, 5.41) is 3.43. The van der Waals surface area contributed by atoms with E-state index in [2.05, 4.69) is 30.1 Å². The van der Waals surface area contributed by atoms with Gasteiger partial charge in [0.15, 0.2) is 5.82 Å². The summed E-state index contributed by atoms with van der Waals surface area (Å²) in [6.45, 7) is 4.68. The van der Waals surface area contributed by atoms with Gasteiger partial charge in [0.25, 0.3) is 5.56 Å². The fourth-order valence-electron chi connectivity index (χ4n) is 3.91. The lowest BCUT2D eigenvalue weighted by atomic mass is 10.3. The predicted octanol–water partition coefficient (Wildman–Crippen LogP) is 0.896. The van der Waals surface area contributed by atoms with Gasteiger partial charge in [-0.15, -0.1) is 0 Å². The van der Waals surface area contributed by atoms with E-state index in [0.29, 0.717) is 17.8 Å². The van der Waals surface area contributed by atoms with Gasteiger partial charge in [0.2, 0.25) is 5.95 Å². The molecular weight excluding hydrogens is 358 g/mol. The van der Waals surface area contributed by atoms with Crippen molar-refractivity contribution in [1.82, 2.24) is 19.5 Å². The molecule has 28 heavy (non-hydrogen) atoms. The Balaban J connectivity index is 1.26. The molecule has 5 rings (SSSR count). The summed E-state index contributed by atoms with van der Waals surface area (Å²) in [6.07, 6.45) is 8.43. The molecule has 0 aromatic carbocycles. The van der Waals surface area contributed by atoms with Crippen LogP contribution in [0.3, 0.4) is 0 Å². The molecule has 1 saturated carbocycles. The van der Waals surface area contributed by atoms with Crippen molar-refractivity contribution in [1.29, 1.82) is 0 Å². The Labute approximate surface area is 163 Å². The maximum Gasteiger partial charge on any atom is 0.293 e. The van der Waals surface area contributed by atoms with Gasteiger partial charge in [-0.1, -0.05) is 0 Å². The zero-order valence-corrected chi connectivity index (χ0v) is 15.8. The normalized spacial score (nSPS) is 22.5. The molecule has 1 unspecified atom stereocenters. The zero-order valence-electron chi connectivity index (χ0n) is 15.8. The lowest BCUT2D eigenvalue weighted by Crippen LogP contribution is -2.37. The summed E-state index contributed by atoms with van der Waals surface area (Å²) in [7, 11) is 0. The largest absolute Gasteiger partial charge is 0.378 e. The molecule has 2 aromatic heterocycles. The van der Waals surface area contributed by atoms with Crippen molar-refractivity contribution in [3.63, 3.8) is 0 Å². The Morgan fingerprint density at radius 1 is 1.04 bits per heavy atom. The molecule has 2 saturated heterocycles. The number of aromatic nitrogens is 4. The molecular formula is C19H25N7O2. The fourth-order valence-corrected chi connectivity index (χ4v) is 3.91. The van der Waals surface area contributed by atoms with Crippen molar-refractivity contribution in [2.45, 2.75) is 31.3 Å².